The monoisotopic (exact) mass is 172 g/mol. The molecule has 0 radical (unpaired) electrons. The third-order valence-corrected chi connectivity index (χ3v) is 2.45. The van der Waals surface area contributed by atoms with E-state index in [0.29, 0.717) is 12.3 Å². The molecular formula is C9H20N2O. The Morgan fingerprint density at radius 1 is 1.42 bits per heavy atom. The molecule has 12 heavy (non-hydrogen) atoms. The van der Waals surface area contributed by atoms with E-state index in [9.17, 15) is 4.79 Å². The van der Waals surface area contributed by atoms with Crippen LogP contribution in [-0.2, 0) is 4.79 Å². The summed E-state index contributed by atoms with van der Waals surface area (Å²) in [5, 5.41) is 0. The highest BCUT2D eigenvalue weighted by Gasteiger charge is 2.23. The minimum atomic E-state index is -0.501. The van der Waals surface area contributed by atoms with E-state index >= 15 is 0 Å². The van der Waals surface area contributed by atoms with E-state index in [-0.39, 0.29) is 5.41 Å². The molecule has 0 aromatic heterocycles. The summed E-state index contributed by atoms with van der Waals surface area (Å²) in [5.74, 6) is -0.00824. The molecule has 0 saturated heterocycles. The second-order valence-electron chi connectivity index (χ2n) is 4.51. The maximum Gasteiger partial charge on any atom is 0.234 e. The van der Waals surface area contributed by atoms with Gasteiger partial charge in [0.2, 0.25) is 5.91 Å². The molecule has 4 N–H and O–H groups in total. The van der Waals surface area contributed by atoms with Gasteiger partial charge >= 0.3 is 0 Å². The number of nitrogens with two attached hydrogens (primary N) is 2. The van der Waals surface area contributed by atoms with Gasteiger partial charge in [0, 0.05) is 0 Å². The molecule has 72 valence electrons. The molecule has 0 saturated carbocycles. The Bertz CT molecular complexity index is 160. The molecule has 2 unspecified atom stereocenters. The minimum Gasteiger partial charge on any atom is -0.368 e. The molecule has 0 aromatic rings. The maximum absolute atomic E-state index is 10.7. The molecule has 0 heterocycles. The van der Waals surface area contributed by atoms with Crippen LogP contribution in [0.3, 0.4) is 0 Å². The van der Waals surface area contributed by atoms with E-state index in [4.69, 9.17) is 11.5 Å². The smallest absolute Gasteiger partial charge is 0.234 e. The zero-order valence-electron chi connectivity index (χ0n) is 8.42. The number of rotatable bonds is 3. The van der Waals surface area contributed by atoms with Crippen LogP contribution in [0, 0.1) is 11.3 Å². The van der Waals surface area contributed by atoms with E-state index in [2.05, 4.69) is 27.7 Å². The van der Waals surface area contributed by atoms with Crippen molar-refractivity contribution in [2.45, 2.75) is 40.2 Å². The van der Waals surface area contributed by atoms with Crippen LogP contribution in [0.2, 0.25) is 0 Å². The first-order chi connectivity index (χ1) is 5.25. The molecule has 0 spiro atoms. The van der Waals surface area contributed by atoms with Gasteiger partial charge in [0.05, 0.1) is 6.04 Å². The van der Waals surface area contributed by atoms with Gasteiger partial charge in [0.25, 0.3) is 0 Å². The second kappa shape index (κ2) is 3.90. The van der Waals surface area contributed by atoms with Gasteiger partial charge in [-0.2, -0.15) is 0 Å². The van der Waals surface area contributed by atoms with Crippen LogP contribution >= 0.6 is 0 Å². The first kappa shape index (κ1) is 11.4. The molecule has 1 amide bonds. The average Bonchev–Trinajstić information content (AvgIpc) is 1.85. The van der Waals surface area contributed by atoms with Crippen molar-refractivity contribution in [1.82, 2.24) is 0 Å². The van der Waals surface area contributed by atoms with Gasteiger partial charge in [-0.25, -0.2) is 0 Å². The Hall–Kier alpha value is -0.570. The van der Waals surface area contributed by atoms with E-state index in [1.54, 1.807) is 0 Å². The normalized spacial score (nSPS) is 17.1. The fourth-order valence-electron chi connectivity index (χ4n) is 0.851. The fourth-order valence-corrected chi connectivity index (χ4v) is 0.851. The second-order valence-corrected chi connectivity index (χ2v) is 4.51. The van der Waals surface area contributed by atoms with E-state index in [1.807, 2.05) is 0 Å². The number of amides is 1. The Morgan fingerprint density at radius 3 is 2.08 bits per heavy atom. The lowest BCUT2D eigenvalue weighted by atomic mass is 9.78. The zero-order chi connectivity index (χ0) is 9.94. The van der Waals surface area contributed by atoms with E-state index < -0.39 is 11.9 Å². The molecule has 2 atom stereocenters. The molecule has 0 aliphatic heterocycles. The first-order valence-electron chi connectivity index (χ1n) is 4.30. The standard InChI is InChI=1S/C9H20N2O/c1-6(9(2,3)4)5-7(10)8(11)12/h6-7H,5,10H2,1-4H3,(H2,11,12). The summed E-state index contributed by atoms with van der Waals surface area (Å²) in [7, 11) is 0. The highest BCUT2D eigenvalue weighted by molar-refractivity contribution is 5.79. The third kappa shape index (κ3) is 3.72. The number of carbonyl (C=O) groups is 1. The lowest BCUT2D eigenvalue weighted by molar-refractivity contribution is -0.119. The summed E-state index contributed by atoms with van der Waals surface area (Å²) in [5.41, 5.74) is 10.8. The largest absolute Gasteiger partial charge is 0.368 e. The van der Waals surface area contributed by atoms with Crippen molar-refractivity contribution in [2.24, 2.45) is 22.8 Å². The van der Waals surface area contributed by atoms with Crippen LogP contribution in [0.25, 0.3) is 0 Å². The lowest BCUT2D eigenvalue weighted by Crippen LogP contribution is -2.39. The average molecular weight is 172 g/mol. The van der Waals surface area contributed by atoms with Crippen molar-refractivity contribution in [1.29, 1.82) is 0 Å². The van der Waals surface area contributed by atoms with Gasteiger partial charge in [-0.05, 0) is 17.8 Å². The number of primary amides is 1. The van der Waals surface area contributed by atoms with Crippen molar-refractivity contribution in [2.75, 3.05) is 0 Å². The molecule has 0 aliphatic rings. The van der Waals surface area contributed by atoms with Gasteiger partial charge in [-0.15, -0.1) is 0 Å². The highest BCUT2D eigenvalue weighted by atomic mass is 16.1. The molecule has 0 aliphatic carbocycles. The predicted octanol–water partition coefficient (Wildman–Crippen LogP) is 0.871. The predicted molar refractivity (Wildman–Crippen MR) is 50.4 cm³/mol. The van der Waals surface area contributed by atoms with Crippen molar-refractivity contribution >= 4 is 5.91 Å². The molecular weight excluding hydrogens is 152 g/mol. The Morgan fingerprint density at radius 2 is 1.83 bits per heavy atom. The maximum atomic E-state index is 10.7. The first-order valence-corrected chi connectivity index (χ1v) is 4.30. The van der Waals surface area contributed by atoms with Gasteiger partial charge in [-0.3, -0.25) is 4.79 Å². The zero-order valence-corrected chi connectivity index (χ0v) is 8.42. The van der Waals surface area contributed by atoms with Crippen LogP contribution in [0.4, 0.5) is 0 Å². The van der Waals surface area contributed by atoms with Crippen LogP contribution < -0.4 is 11.5 Å². The van der Waals surface area contributed by atoms with Crippen LogP contribution in [0.5, 0.6) is 0 Å². The van der Waals surface area contributed by atoms with Crippen LogP contribution in [-0.4, -0.2) is 11.9 Å². The van der Waals surface area contributed by atoms with E-state index in [1.165, 1.54) is 0 Å². The Kier molecular flexibility index (Phi) is 3.71. The molecule has 3 heteroatoms. The summed E-state index contributed by atoms with van der Waals surface area (Å²) >= 11 is 0. The summed E-state index contributed by atoms with van der Waals surface area (Å²) < 4.78 is 0. The summed E-state index contributed by atoms with van der Waals surface area (Å²) in [6.07, 6.45) is 0.666. The van der Waals surface area contributed by atoms with Gasteiger partial charge in [-0.1, -0.05) is 27.7 Å². The van der Waals surface area contributed by atoms with Gasteiger partial charge < -0.3 is 11.5 Å². The molecule has 3 nitrogen and oxygen atoms in total. The molecule has 0 aromatic carbocycles. The summed E-state index contributed by atoms with van der Waals surface area (Å²) in [4.78, 5) is 10.7. The number of hydrogen-bond donors (Lipinski definition) is 2. The lowest BCUT2D eigenvalue weighted by Gasteiger charge is -2.28. The number of carbonyl (C=O) groups excluding carboxylic acids is 1. The molecule has 0 fully saturated rings. The topological polar surface area (TPSA) is 69.1 Å². The fraction of sp³-hybridized carbons (Fsp3) is 0.889. The minimum absolute atomic E-state index is 0.188. The molecule has 0 bridgehead atoms. The Balaban J connectivity index is 4.01. The van der Waals surface area contributed by atoms with Crippen molar-refractivity contribution in [3.8, 4) is 0 Å². The van der Waals surface area contributed by atoms with Crippen LogP contribution in [0.1, 0.15) is 34.1 Å². The van der Waals surface area contributed by atoms with E-state index in [0.717, 1.165) is 0 Å². The summed E-state index contributed by atoms with van der Waals surface area (Å²) in [6.45, 7) is 8.48. The SMILES string of the molecule is CC(CC(N)C(N)=O)C(C)(C)C. The third-order valence-electron chi connectivity index (χ3n) is 2.45. The van der Waals surface area contributed by atoms with Crippen molar-refractivity contribution in [3.05, 3.63) is 0 Å². The van der Waals surface area contributed by atoms with Gasteiger partial charge in [0.15, 0.2) is 0 Å². The van der Waals surface area contributed by atoms with Crippen molar-refractivity contribution < 1.29 is 4.79 Å². The summed E-state index contributed by atoms with van der Waals surface area (Å²) in [6, 6.07) is -0.501. The van der Waals surface area contributed by atoms with Gasteiger partial charge in [0.1, 0.15) is 0 Å². The van der Waals surface area contributed by atoms with Crippen molar-refractivity contribution in [3.63, 3.8) is 0 Å². The van der Waals surface area contributed by atoms with Crippen LogP contribution in [0.15, 0.2) is 0 Å². The Labute approximate surface area is 74.5 Å². The quantitative estimate of drug-likeness (QED) is 0.663. The highest BCUT2D eigenvalue weighted by Crippen LogP contribution is 2.28. The molecule has 0 rings (SSSR count). The number of hydrogen-bond acceptors (Lipinski definition) is 2.